The lowest BCUT2D eigenvalue weighted by Crippen LogP contribution is -2.13. The molecule has 3 N–H and O–H groups in total. The van der Waals surface area contributed by atoms with Crippen LogP contribution in [0.4, 0.5) is 5.69 Å². The molecule has 2 rings (SSSR count). The molecule has 0 aliphatic rings. The van der Waals surface area contributed by atoms with E-state index in [9.17, 15) is 15.0 Å². The van der Waals surface area contributed by atoms with Gasteiger partial charge in [0.15, 0.2) is 0 Å². The topological polar surface area (TPSA) is 69.6 Å². The summed E-state index contributed by atoms with van der Waals surface area (Å²) in [5, 5.41) is 21.8. The van der Waals surface area contributed by atoms with Crippen LogP contribution in [0.5, 0.6) is 11.5 Å². The average molecular weight is 271 g/mol. The van der Waals surface area contributed by atoms with Gasteiger partial charge in [0.25, 0.3) is 0 Å². The first-order chi connectivity index (χ1) is 9.56. The van der Waals surface area contributed by atoms with Crippen molar-refractivity contribution in [3.05, 3.63) is 53.6 Å². The SMILES string of the molecule is Cc1ccc(O)cc1NC(=O)CCc1ccccc1O. The highest BCUT2D eigenvalue weighted by Crippen LogP contribution is 2.22. The lowest BCUT2D eigenvalue weighted by Gasteiger charge is -2.09. The first-order valence-corrected chi connectivity index (χ1v) is 6.42. The van der Waals surface area contributed by atoms with Crippen molar-refractivity contribution in [1.29, 1.82) is 0 Å². The number of benzene rings is 2. The summed E-state index contributed by atoms with van der Waals surface area (Å²) >= 11 is 0. The molecule has 0 fully saturated rings. The van der Waals surface area contributed by atoms with Crippen LogP contribution in [0.15, 0.2) is 42.5 Å². The van der Waals surface area contributed by atoms with E-state index in [0.717, 1.165) is 11.1 Å². The Labute approximate surface area is 117 Å². The number of amides is 1. The number of carbonyl (C=O) groups excluding carboxylic acids is 1. The summed E-state index contributed by atoms with van der Waals surface area (Å²) in [6.07, 6.45) is 0.739. The van der Waals surface area contributed by atoms with Gasteiger partial charge in [0.2, 0.25) is 5.91 Å². The highest BCUT2D eigenvalue weighted by Gasteiger charge is 2.07. The molecular weight excluding hydrogens is 254 g/mol. The lowest BCUT2D eigenvalue weighted by molar-refractivity contribution is -0.116. The van der Waals surface area contributed by atoms with Gasteiger partial charge in [-0.15, -0.1) is 0 Å². The van der Waals surface area contributed by atoms with Gasteiger partial charge >= 0.3 is 0 Å². The largest absolute Gasteiger partial charge is 0.508 e. The van der Waals surface area contributed by atoms with E-state index >= 15 is 0 Å². The number of nitrogens with one attached hydrogen (secondary N) is 1. The highest BCUT2D eigenvalue weighted by molar-refractivity contribution is 5.91. The Morgan fingerprint density at radius 1 is 1.15 bits per heavy atom. The molecular formula is C16H17NO3. The molecule has 104 valence electrons. The summed E-state index contributed by atoms with van der Waals surface area (Å²) in [4.78, 5) is 11.9. The second-order valence-corrected chi connectivity index (χ2v) is 4.68. The fraction of sp³-hybridized carbons (Fsp3) is 0.188. The van der Waals surface area contributed by atoms with Gasteiger partial charge in [-0.05, 0) is 36.6 Å². The minimum absolute atomic E-state index is 0.117. The van der Waals surface area contributed by atoms with Gasteiger partial charge in [0.1, 0.15) is 11.5 Å². The van der Waals surface area contributed by atoms with Gasteiger partial charge in [-0.1, -0.05) is 24.3 Å². The second kappa shape index (κ2) is 6.10. The van der Waals surface area contributed by atoms with E-state index in [0.29, 0.717) is 12.1 Å². The summed E-state index contributed by atoms with van der Waals surface area (Å²) < 4.78 is 0. The Hall–Kier alpha value is -2.49. The predicted octanol–water partition coefficient (Wildman–Crippen LogP) is 2.98. The molecule has 0 spiro atoms. The third-order valence-corrected chi connectivity index (χ3v) is 3.11. The highest BCUT2D eigenvalue weighted by atomic mass is 16.3. The third-order valence-electron chi connectivity index (χ3n) is 3.11. The van der Waals surface area contributed by atoms with Gasteiger partial charge in [0.05, 0.1) is 0 Å². The fourth-order valence-electron chi connectivity index (χ4n) is 1.93. The predicted molar refractivity (Wildman–Crippen MR) is 77.9 cm³/mol. The smallest absolute Gasteiger partial charge is 0.224 e. The zero-order chi connectivity index (χ0) is 14.5. The number of anilines is 1. The van der Waals surface area contributed by atoms with Crippen molar-refractivity contribution in [1.82, 2.24) is 0 Å². The van der Waals surface area contributed by atoms with Crippen LogP contribution < -0.4 is 5.32 Å². The van der Waals surface area contributed by atoms with E-state index in [2.05, 4.69) is 5.32 Å². The molecule has 0 radical (unpaired) electrons. The van der Waals surface area contributed by atoms with Crippen molar-refractivity contribution in [3.63, 3.8) is 0 Å². The minimum atomic E-state index is -0.151. The monoisotopic (exact) mass is 271 g/mol. The van der Waals surface area contributed by atoms with Crippen LogP contribution in [0.1, 0.15) is 17.5 Å². The molecule has 1 amide bonds. The molecule has 4 nitrogen and oxygen atoms in total. The second-order valence-electron chi connectivity index (χ2n) is 4.68. The Kier molecular flexibility index (Phi) is 4.25. The van der Waals surface area contributed by atoms with Crippen molar-refractivity contribution in [3.8, 4) is 11.5 Å². The molecule has 0 saturated heterocycles. The molecule has 2 aromatic carbocycles. The molecule has 2 aromatic rings. The van der Waals surface area contributed by atoms with Crippen molar-refractivity contribution >= 4 is 11.6 Å². The summed E-state index contributed by atoms with van der Waals surface area (Å²) in [5.41, 5.74) is 2.24. The van der Waals surface area contributed by atoms with Crippen LogP contribution in [-0.4, -0.2) is 16.1 Å². The molecule has 0 unspecified atom stereocenters. The molecule has 4 heteroatoms. The lowest BCUT2D eigenvalue weighted by atomic mass is 10.1. The van der Waals surface area contributed by atoms with Crippen molar-refractivity contribution in [2.45, 2.75) is 19.8 Å². The fourth-order valence-corrected chi connectivity index (χ4v) is 1.93. The first-order valence-electron chi connectivity index (χ1n) is 6.42. The zero-order valence-electron chi connectivity index (χ0n) is 11.3. The molecule has 0 heterocycles. The molecule has 20 heavy (non-hydrogen) atoms. The van der Waals surface area contributed by atoms with Crippen LogP contribution in [0.2, 0.25) is 0 Å². The maximum Gasteiger partial charge on any atom is 0.224 e. The molecule has 0 bridgehead atoms. The number of phenolic OH excluding ortho intramolecular Hbond substituents is 2. The molecule has 0 aliphatic carbocycles. The number of aromatic hydroxyl groups is 2. The van der Waals surface area contributed by atoms with E-state index in [-0.39, 0.29) is 23.8 Å². The van der Waals surface area contributed by atoms with Crippen LogP contribution >= 0.6 is 0 Å². The normalized spacial score (nSPS) is 10.2. The standard InChI is InChI=1S/C16H17NO3/c1-11-6-8-13(18)10-14(11)17-16(20)9-7-12-4-2-3-5-15(12)19/h2-6,8,10,18-19H,7,9H2,1H3,(H,17,20). The van der Waals surface area contributed by atoms with Crippen molar-refractivity contribution in [2.24, 2.45) is 0 Å². The Morgan fingerprint density at radius 2 is 1.90 bits per heavy atom. The summed E-state index contributed by atoms with van der Waals surface area (Å²) in [6, 6.07) is 11.8. The average Bonchev–Trinajstić information content (AvgIpc) is 2.42. The van der Waals surface area contributed by atoms with E-state index in [4.69, 9.17) is 0 Å². The number of phenols is 2. The van der Waals surface area contributed by atoms with Crippen LogP contribution in [0, 0.1) is 6.92 Å². The van der Waals surface area contributed by atoms with E-state index in [1.807, 2.05) is 13.0 Å². The summed E-state index contributed by atoms with van der Waals surface area (Å²) in [6.45, 7) is 1.86. The molecule has 0 saturated carbocycles. The Balaban J connectivity index is 1.96. The summed E-state index contributed by atoms with van der Waals surface area (Å²) in [5.74, 6) is 0.169. The minimum Gasteiger partial charge on any atom is -0.508 e. The van der Waals surface area contributed by atoms with Gasteiger partial charge in [0, 0.05) is 18.2 Å². The summed E-state index contributed by atoms with van der Waals surface area (Å²) in [7, 11) is 0. The third kappa shape index (κ3) is 3.51. The maximum atomic E-state index is 11.9. The molecule has 0 aromatic heterocycles. The number of hydrogen-bond acceptors (Lipinski definition) is 3. The van der Waals surface area contributed by atoms with E-state index in [1.165, 1.54) is 6.07 Å². The van der Waals surface area contributed by atoms with Gasteiger partial charge in [-0.2, -0.15) is 0 Å². The van der Waals surface area contributed by atoms with E-state index in [1.54, 1.807) is 30.3 Å². The quantitative estimate of drug-likeness (QED) is 0.800. The zero-order valence-corrected chi connectivity index (χ0v) is 11.3. The van der Waals surface area contributed by atoms with E-state index < -0.39 is 0 Å². The van der Waals surface area contributed by atoms with Crippen molar-refractivity contribution in [2.75, 3.05) is 5.32 Å². The number of hydrogen-bond donors (Lipinski definition) is 3. The molecule has 0 aliphatic heterocycles. The first kappa shape index (κ1) is 13.9. The Morgan fingerprint density at radius 3 is 2.65 bits per heavy atom. The van der Waals surface area contributed by atoms with Crippen molar-refractivity contribution < 1.29 is 15.0 Å². The number of rotatable bonds is 4. The van der Waals surface area contributed by atoms with Crippen LogP contribution in [-0.2, 0) is 11.2 Å². The van der Waals surface area contributed by atoms with Gasteiger partial charge in [-0.25, -0.2) is 0 Å². The molecule has 0 atom stereocenters. The maximum absolute atomic E-state index is 11.9. The van der Waals surface area contributed by atoms with Crippen LogP contribution in [0.3, 0.4) is 0 Å². The number of para-hydroxylation sites is 1. The van der Waals surface area contributed by atoms with Gasteiger partial charge < -0.3 is 15.5 Å². The Bertz CT molecular complexity index is 623. The number of aryl methyl sites for hydroxylation is 2. The number of carbonyl (C=O) groups is 1. The van der Waals surface area contributed by atoms with Crippen LogP contribution in [0.25, 0.3) is 0 Å². The van der Waals surface area contributed by atoms with Gasteiger partial charge in [-0.3, -0.25) is 4.79 Å².